The Kier molecular flexibility index (Phi) is 4.49. The molecule has 1 heterocycles. The van der Waals surface area contributed by atoms with Crippen molar-refractivity contribution in [2.24, 2.45) is 0 Å². The fraction of sp³-hybridized carbons (Fsp3) is 0.700. The summed E-state index contributed by atoms with van der Waals surface area (Å²) in [5, 5.41) is 18.4. The minimum atomic E-state index is -1.17. The number of carboxylic acids is 1. The molecule has 2 N–H and O–H groups in total. The molecule has 0 spiro atoms. The monoisotopic (exact) mass is 260 g/mol. The Labute approximate surface area is 104 Å². The van der Waals surface area contributed by atoms with Crippen LogP contribution in [0.5, 0.6) is 0 Å². The highest BCUT2D eigenvalue weighted by atomic mass is 16.5. The van der Waals surface area contributed by atoms with Crippen LogP contribution in [0.15, 0.2) is 0 Å². The Morgan fingerprint density at radius 3 is 2.56 bits per heavy atom. The molecule has 0 aliphatic carbocycles. The molecule has 8 nitrogen and oxygen atoms in total. The number of carboxylic acid groups (broad SMARTS) is 1. The average molecular weight is 260 g/mol. The molecule has 1 aliphatic rings. The van der Waals surface area contributed by atoms with E-state index in [1.807, 2.05) is 0 Å². The molecule has 2 amide bonds. The van der Waals surface area contributed by atoms with Crippen molar-refractivity contribution in [3.8, 4) is 0 Å². The van der Waals surface area contributed by atoms with Gasteiger partial charge in [0.1, 0.15) is 12.6 Å². The standard InChI is InChI=1S/C10H16N2O6/c1-11(5-8(14)18-2)10(17)12-4-6(13)3-7(12)9(15)16/h6-7,13H,3-5H2,1-2H3,(H,15,16)/t6-,7-/m1/s1. The third-order valence-electron chi connectivity index (χ3n) is 2.73. The zero-order chi connectivity index (χ0) is 13.9. The molecule has 102 valence electrons. The van der Waals surface area contributed by atoms with Crippen molar-refractivity contribution in [3.05, 3.63) is 0 Å². The maximum atomic E-state index is 11.9. The lowest BCUT2D eigenvalue weighted by molar-refractivity contribution is -0.141. The molecular weight excluding hydrogens is 244 g/mol. The van der Waals surface area contributed by atoms with Crippen molar-refractivity contribution in [2.75, 3.05) is 27.2 Å². The van der Waals surface area contributed by atoms with Crippen LogP contribution in [-0.4, -0.2) is 77.4 Å². The lowest BCUT2D eigenvalue weighted by Crippen LogP contribution is -2.48. The SMILES string of the molecule is COC(=O)CN(C)C(=O)N1C[C@H](O)C[C@@H]1C(=O)O. The predicted octanol–water partition coefficient (Wildman–Crippen LogP) is -1.27. The molecule has 2 atom stereocenters. The van der Waals surface area contributed by atoms with Crippen LogP contribution in [-0.2, 0) is 14.3 Å². The molecule has 0 aromatic carbocycles. The van der Waals surface area contributed by atoms with Crippen molar-refractivity contribution in [1.29, 1.82) is 0 Å². The average Bonchev–Trinajstić information content (AvgIpc) is 2.70. The van der Waals surface area contributed by atoms with E-state index in [1.54, 1.807) is 0 Å². The summed E-state index contributed by atoms with van der Waals surface area (Å²) < 4.78 is 4.41. The number of carbonyl (C=O) groups excluding carboxylic acids is 2. The van der Waals surface area contributed by atoms with Crippen LogP contribution in [0.2, 0.25) is 0 Å². The largest absolute Gasteiger partial charge is 0.480 e. The van der Waals surface area contributed by atoms with Crippen molar-refractivity contribution in [1.82, 2.24) is 9.80 Å². The van der Waals surface area contributed by atoms with Crippen LogP contribution in [0.4, 0.5) is 4.79 Å². The Morgan fingerprint density at radius 1 is 1.44 bits per heavy atom. The highest BCUT2D eigenvalue weighted by Crippen LogP contribution is 2.19. The molecule has 0 bridgehead atoms. The molecular formula is C10H16N2O6. The number of esters is 1. The highest BCUT2D eigenvalue weighted by molar-refractivity contribution is 5.85. The molecule has 1 fully saturated rings. The molecule has 0 aromatic heterocycles. The number of aliphatic carboxylic acids is 1. The topological polar surface area (TPSA) is 107 Å². The molecule has 1 saturated heterocycles. The third-order valence-corrected chi connectivity index (χ3v) is 2.73. The Hall–Kier alpha value is -1.83. The van der Waals surface area contributed by atoms with Gasteiger partial charge in [0, 0.05) is 20.0 Å². The summed E-state index contributed by atoms with van der Waals surface area (Å²) in [6.45, 7) is -0.324. The van der Waals surface area contributed by atoms with Gasteiger partial charge in [0.05, 0.1) is 13.2 Å². The van der Waals surface area contributed by atoms with Gasteiger partial charge in [-0.05, 0) is 0 Å². The number of methoxy groups -OCH3 is 1. The van der Waals surface area contributed by atoms with Gasteiger partial charge in [0.25, 0.3) is 0 Å². The number of urea groups is 1. The van der Waals surface area contributed by atoms with Crippen molar-refractivity contribution in [2.45, 2.75) is 18.6 Å². The van der Waals surface area contributed by atoms with Crippen LogP contribution in [0.3, 0.4) is 0 Å². The molecule has 0 aromatic rings. The fourth-order valence-electron chi connectivity index (χ4n) is 1.80. The molecule has 0 radical (unpaired) electrons. The van der Waals surface area contributed by atoms with Crippen molar-refractivity contribution in [3.63, 3.8) is 0 Å². The lowest BCUT2D eigenvalue weighted by Gasteiger charge is -2.26. The maximum absolute atomic E-state index is 11.9. The third kappa shape index (κ3) is 3.10. The number of amides is 2. The first-order chi connectivity index (χ1) is 8.36. The summed E-state index contributed by atoms with van der Waals surface area (Å²) in [5.74, 6) is -1.77. The summed E-state index contributed by atoms with van der Waals surface area (Å²) in [4.78, 5) is 36.0. The van der Waals surface area contributed by atoms with Crippen LogP contribution >= 0.6 is 0 Å². The first-order valence-corrected chi connectivity index (χ1v) is 5.36. The second-order valence-electron chi connectivity index (χ2n) is 4.11. The Bertz CT molecular complexity index is 358. The minimum absolute atomic E-state index is 0.00681. The van der Waals surface area contributed by atoms with Crippen molar-refractivity contribution < 1.29 is 29.3 Å². The first kappa shape index (κ1) is 14.2. The van der Waals surface area contributed by atoms with Gasteiger partial charge in [-0.3, -0.25) is 4.79 Å². The second-order valence-corrected chi connectivity index (χ2v) is 4.11. The molecule has 18 heavy (non-hydrogen) atoms. The number of β-amino-alcohol motifs (C(OH)–C–C–N with tert-alkyl or cyclic N) is 1. The summed E-state index contributed by atoms with van der Waals surface area (Å²) in [5.41, 5.74) is 0. The number of rotatable bonds is 3. The van der Waals surface area contributed by atoms with Crippen LogP contribution in [0.25, 0.3) is 0 Å². The quantitative estimate of drug-likeness (QED) is 0.613. The van der Waals surface area contributed by atoms with E-state index >= 15 is 0 Å². The van der Waals surface area contributed by atoms with Gasteiger partial charge in [0.15, 0.2) is 0 Å². The summed E-state index contributed by atoms with van der Waals surface area (Å²) in [6.07, 6.45) is -0.866. The van der Waals surface area contributed by atoms with Gasteiger partial charge < -0.3 is 24.7 Å². The first-order valence-electron chi connectivity index (χ1n) is 5.36. The second kappa shape index (κ2) is 5.67. The molecule has 1 rings (SSSR count). The number of likely N-dealkylation sites (tertiary alicyclic amines) is 1. The molecule has 0 unspecified atom stereocenters. The van der Waals surface area contributed by atoms with Crippen LogP contribution < -0.4 is 0 Å². The van der Waals surface area contributed by atoms with E-state index in [1.165, 1.54) is 14.2 Å². The van der Waals surface area contributed by atoms with E-state index < -0.39 is 30.1 Å². The van der Waals surface area contributed by atoms with Gasteiger partial charge in [0.2, 0.25) is 0 Å². The zero-order valence-electron chi connectivity index (χ0n) is 10.2. The van der Waals surface area contributed by atoms with Gasteiger partial charge in [-0.1, -0.05) is 0 Å². The van der Waals surface area contributed by atoms with Crippen LogP contribution in [0.1, 0.15) is 6.42 Å². The van der Waals surface area contributed by atoms with Gasteiger partial charge in [-0.2, -0.15) is 0 Å². The van der Waals surface area contributed by atoms with E-state index in [2.05, 4.69) is 4.74 Å². The maximum Gasteiger partial charge on any atom is 0.326 e. The normalized spacial score (nSPS) is 22.7. The van der Waals surface area contributed by atoms with Crippen molar-refractivity contribution >= 4 is 18.0 Å². The molecule has 1 aliphatic heterocycles. The zero-order valence-corrected chi connectivity index (χ0v) is 10.2. The number of ether oxygens (including phenoxy) is 1. The Morgan fingerprint density at radius 2 is 2.06 bits per heavy atom. The molecule has 0 saturated carbocycles. The summed E-state index contributed by atoms with van der Waals surface area (Å²) in [6, 6.07) is -1.68. The lowest BCUT2D eigenvalue weighted by atomic mass is 10.2. The fourth-order valence-corrected chi connectivity index (χ4v) is 1.80. The summed E-state index contributed by atoms with van der Waals surface area (Å²) >= 11 is 0. The molecule has 8 heteroatoms. The number of likely N-dealkylation sites (N-methyl/N-ethyl adjacent to an activating group) is 1. The number of hydrogen-bond donors (Lipinski definition) is 2. The van der Waals surface area contributed by atoms with E-state index in [4.69, 9.17) is 5.11 Å². The number of nitrogens with zero attached hydrogens (tertiary/aromatic N) is 2. The smallest absolute Gasteiger partial charge is 0.326 e. The van der Waals surface area contributed by atoms with Gasteiger partial charge >= 0.3 is 18.0 Å². The minimum Gasteiger partial charge on any atom is -0.480 e. The number of hydrogen-bond acceptors (Lipinski definition) is 5. The van der Waals surface area contributed by atoms with Gasteiger partial charge in [-0.25, -0.2) is 9.59 Å². The highest BCUT2D eigenvalue weighted by Gasteiger charge is 2.40. The van der Waals surface area contributed by atoms with E-state index in [9.17, 15) is 19.5 Å². The number of aliphatic hydroxyl groups excluding tert-OH is 1. The predicted molar refractivity (Wildman–Crippen MR) is 58.8 cm³/mol. The van der Waals surface area contributed by atoms with E-state index in [0.717, 1.165) is 9.80 Å². The van der Waals surface area contributed by atoms with E-state index in [-0.39, 0.29) is 19.5 Å². The van der Waals surface area contributed by atoms with Crippen LogP contribution in [0, 0.1) is 0 Å². The van der Waals surface area contributed by atoms with Gasteiger partial charge in [-0.15, -0.1) is 0 Å². The number of carbonyl (C=O) groups is 3. The Balaban J connectivity index is 2.70. The summed E-state index contributed by atoms with van der Waals surface area (Å²) in [7, 11) is 2.56. The van der Waals surface area contributed by atoms with E-state index in [0.29, 0.717) is 0 Å². The number of aliphatic hydroxyl groups is 1.